The molecule has 1 aliphatic rings. The second kappa shape index (κ2) is 2.73. The molecule has 3 N–H and O–H groups in total. The maximum atomic E-state index is 10.6. The molecule has 70 valence electrons. The minimum Gasteiger partial charge on any atom is -0.481 e. The third-order valence-electron chi connectivity index (χ3n) is 3.24. The van der Waals surface area contributed by atoms with E-state index in [0.29, 0.717) is 0 Å². The van der Waals surface area contributed by atoms with Crippen LogP contribution in [0.5, 0.6) is 0 Å². The molecule has 3 heteroatoms. The monoisotopic (exact) mass is 171 g/mol. The fourth-order valence-electron chi connectivity index (χ4n) is 2.03. The van der Waals surface area contributed by atoms with Gasteiger partial charge in [-0.05, 0) is 18.3 Å². The van der Waals surface area contributed by atoms with Crippen molar-refractivity contribution in [2.75, 3.05) is 0 Å². The molecule has 1 atom stereocenters. The number of hydrogen-bond donors (Lipinski definition) is 2. The lowest BCUT2D eigenvalue weighted by Crippen LogP contribution is -2.50. The number of nitrogens with two attached hydrogens (primary N) is 1. The van der Waals surface area contributed by atoms with Crippen LogP contribution in [0.15, 0.2) is 0 Å². The summed E-state index contributed by atoms with van der Waals surface area (Å²) in [4.78, 5) is 10.6. The van der Waals surface area contributed by atoms with Gasteiger partial charge in [0.2, 0.25) is 0 Å². The number of carboxylic acids is 1. The summed E-state index contributed by atoms with van der Waals surface area (Å²) in [5.41, 5.74) is 5.55. The van der Waals surface area contributed by atoms with Gasteiger partial charge in [0, 0.05) is 5.54 Å². The third-order valence-corrected chi connectivity index (χ3v) is 3.24. The van der Waals surface area contributed by atoms with E-state index in [1.54, 1.807) is 0 Å². The third kappa shape index (κ3) is 1.46. The molecule has 0 aromatic carbocycles. The van der Waals surface area contributed by atoms with Crippen molar-refractivity contribution < 1.29 is 9.90 Å². The predicted octanol–water partition coefficient (Wildman–Crippen LogP) is 1.37. The molecule has 0 heterocycles. The van der Waals surface area contributed by atoms with Crippen molar-refractivity contribution in [3.8, 4) is 0 Å². The Labute approximate surface area is 72.9 Å². The van der Waals surface area contributed by atoms with Crippen molar-refractivity contribution in [1.82, 2.24) is 0 Å². The first-order valence-electron chi connectivity index (χ1n) is 4.38. The Morgan fingerprint density at radius 2 is 2.08 bits per heavy atom. The number of hydrogen-bond acceptors (Lipinski definition) is 2. The van der Waals surface area contributed by atoms with Crippen molar-refractivity contribution in [2.24, 2.45) is 11.1 Å². The van der Waals surface area contributed by atoms with E-state index in [2.05, 4.69) is 13.8 Å². The van der Waals surface area contributed by atoms with Gasteiger partial charge in [-0.1, -0.05) is 20.3 Å². The molecule has 0 spiro atoms. The molecule has 1 aliphatic carbocycles. The highest BCUT2D eigenvalue weighted by molar-refractivity contribution is 5.68. The quantitative estimate of drug-likeness (QED) is 0.659. The van der Waals surface area contributed by atoms with Crippen LogP contribution in [0.3, 0.4) is 0 Å². The molecule has 0 radical (unpaired) electrons. The van der Waals surface area contributed by atoms with Crippen LogP contribution in [0, 0.1) is 5.41 Å². The molecule has 0 bridgehead atoms. The second-order valence-electron chi connectivity index (χ2n) is 4.46. The summed E-state index contributed by atoms with van der Waals surface area (Å²) in [5, 5.41) is 8.69. The molecule has 0 aliphatic heterocycles. The van der Waals surface area contributed by atoms with Crippen LogP contribution in [-0.2, 0) is 4.79 Å². The van der Waals surface area contributed by atoms with Crippen molar-refractivity contribution in [2.45, 2.75) is 45.1 Å². The van der Waals surface area contributed by atoms with Gasteiger partial charge in [0.05, 0.1) is 6.42 Å². The summed E-state index contributed by atoms with van der Waals surface area (Å²) in [6.07, 6.45) is 3.03. The lowest BCUT2D eigenvalue weighted by Gasteiger charge is -2.36. The Morgan fingerprint density at radius 3 is 2.42 bits per heavy atom. The van der Waals surface area contributed by atoms with E-state index in [1.807, 2.05) is 0 Å². The van der Waals surface area contributed by atoms with Crippen LogP contribution in [0.2, 0.25) is 0 Å². The Morgan fingerprint density at radius 1 is 1.50 bits per heavy atom. The van der Waals surface area contributed by atoms with Gasteiger partial charge in [-0.25, -0.2) is 0 Å². The molecule has 1 unspecified atom stereocenters. The normalized spacial score (nSPS) is 33.6. The Bertz CT molecular complexity index is 201. The highest BCUT2D eigenvalue weighted by Gasteiger charge is 2.46. The van der Waals surface area contributed by atoms with E-state index < -0.39 is 11.5 Å². The average molecular weight is 171 g/mol. The van der Waals surface area contributed by atoms with Gasteiger partial charge in [0.25, 0.3) is 0 Å². The van der Waals surface area contributed by atoms with E-state index in [-0.39, 0.29) is 11.8 Å². The van der Waals surface area contributed by atoms with E-state index in [0.717, 1.165) is 19.3 Å². The molecule has 12 heavy (non-hydrogen) atoms. The van der Waals surface area contributed by atoms with Crippen molar-refractivity contribution >= 4 is 5.97 Å². The predicted molar refractivity (Wildman–Crippen MR) is 46.8 cm³/mol. The second-order valence-corrected chi connectivity index (χ2v) is 4.46. The van der Waals surface area contributed by atoms with Crippen LogP contribution >= 0.6 is 0 Å². The molecular weight excluding hydrogens is 154 g/mol. The highest BCUT2D eigenvalue weighted by Crippen LogP contribution is 2.45. The smallest absolute Gasteiger partial charge is 0.305 e. The standard InChI is InChI=1S/C9H17NO2/c1-8(2)4-3-5-9(8,10)6-7(11)12/h3-6,10H2,1-2H3,(H,11,12). The first-order valence-corrected chi connectivity index (χ1v) is 4.38. The van der Waals surface area contributed by atoms with Crippen LogP contribution in [0.4, 0.5) is 0 Å². The summed E-state index contributed by atoms with van der Waals surface area (Å²) < 4.78 is 0. The summed E-state index contributed by atoms with van der Waals surface area (Å²) in [6.45, 7) is 4.12. The van der Waals surface area contributed by atoms with E-state index in [4.69, 9.17) is 10.8 Å². The summed E-state index contributed by atoms with van der Waals surface area (Å²) in [7, 11) is 0. The highest BCUT2D eigenvalue weighted by atomic mass is 16.4. The van der Waals surface area contributed by atoms with Gasteiger partial charge in [-0.3, -0.25) is 4.79 Å². The molecule has 0 amide bonds. The SMILES string of the molecule is CC1(C)CCCC1(N)CC(=O)O. The Balaban J connectivity index is 2.75. The molecule has 1 fully saturated rings. The minimum atomic E-state index is -0.785. The largest absolute Gasteiger partial charge is 0.481 e. The van der Waals surface area contributed by atoms with Gasteiger partial charge in [0.1, 0.15) is 0 Å². The van der Waals surface area contributed by atoms with E-state index in [1.165, 1.54) is 0 Å². The zero-order valence-electron chi connectivity index (χ0n) is 7.76. The van der Waals surface area contributed by atoms with E-state index >= 15 is 0 Å². The van der Waals surface area contributed by atoms with Crippen molar-refractivity contribution in [1.29, 1.82) is 0 Å². The molecule has 3 nitrogen and oxygen atoms in total. The van der Waals surface area contributed by atoms with Crippen molar-refractivity contribution in [3.05, 3.63) is 0 Å². The molecule has 1 rings (SSSR count). The van der Waals surface area contributed by atoms with Gasteiger partial charge in [-0.15, -0.1) is 0 Å². The van der Waals surface area contributed by atoms with Gasteiger partial charge < -0.3 is 10.8 Å². The molecule has 1 saturated carbocycles. The van der Waals surface area contributed by atoms with Crippen LogP contribution in [-0.4, -0.2) is 16.6 Å². The first-order chi connectivity index (χ1) is 5.37. The summed E-state index contributed by atoms with van der Waals surface area (Å²) >= 11 is 0. The topological polar surface area (TPSA) is 63.3 Å². The maximum absolute atomic E-state index is 10.6. The number of carbonyl (C=O) groups is 1. The first kappa shape index (κ1) is 9.52. The minimum absolute atomic E-state index is 0.0224. The van der Waals surface area contributed by atoms with Gasteiger partial charge >= 0.3 is 5.97 Å². The van der Waals surface area contributed by atoms with Crippen LogP contribution in [0.25, 0.3) is 0 Å². The number of carboxylic acid groups (broad SMARTS) is 1. The molecule has 0 saturated heterocycles. The van der Waals surface area contributed by atoms with Crippen LogP contribution in [0.1, 0.15) is 39.5 Å². The Hall–Kier alpha value is -0.570. The zero-order valence-corrected chi connectivity index (χ0v) is 7.76. The van der Waals surface area contributed by atoms with Gasteiger partial charge in [-0.2, -0.15) is 0 Å². The fraction of sp³-hybridized carbons (Fsp3) is 0.889. The fourth-order valence-corrected chi connectivity index (χ4v) is 2.03. The zero-order chi connectivity index (χ0) is 9.41. The lowest BCUT2D eigenvalue weighted by atomic mass is 9.74. The number of rotatable bonds is 2. The summed E-state index contributed by atoms with van der Waals surface area (Å²) in [6, 6.07) is 0. The lowest BCUT2D eigenvalue weighted by molar-refractivity contribution is -0.139. The van der Waals surface area contributed by atoms with Crippen LogP contribution < -0.4 is 5.73 Å². The molecular formula is C9H17NO2. The average Bonchev–Trinajstić information content (AvgIpc) is 2.05. The van der Waals surface area contributed by atoms with E-state index in [9.17, 15) is 4.79 Å². The maximum Gasteiger partial charge on any atom is 0.305 e. The van der Waals surface area contributed by atoms with Crippen molar-refractivity contribution in [3.63, 3.8) is 0 Å². The number of aliphatic carboxylic acids is 1. The molecule has 0 aromatic heterocycles. The summed E-state index contributed by atoms with van der Waals surface area (Å²) in [5.74, 6) is -0.785. The Kier molecular flexibility index (Phi) is 2.17. The molecule has 0 aromatic rings. The van der Waals surface area contributed by atoms with Gasteiger partial charge in [0.15, 0.2) is 0 Å².